The molecule has 4 nitrogen and oxygen atoms in total. The summed E-state index contributed by atoms with van der Waals surface area (Å²) in [7, 11) is 0. The molecule has 27 heavy (non-hydrogen) atoms. The first-order valence-corrected chi connectivity index (χ1v) is 10.6. The highest BCUT2D eigenvalue weighted by Crippen LogP contribution is 2.31. The minimum absolute atomic E-state index is 0.0793. The molecule has 0 saturated carbocycles. The van der Waals surface area contributed by atoms with E-state index in [1.165, 1.54) is 0 Å². The van der Waals surface area contributed by atoms with Gasteiger partial charge in [-0.05, 0) is 23.8 Å². The molecular formula is C22H29NO3S. The van der Waals surface area contributed by atoms with Crippen molar-refractivity contribution in [1.82, 2.24) is 0 Å². The number of thioether (sulfide) groups is 1. The molecule has 1 aliphatic rings. The second kappa shape index (κ2) is 10.2. The summed E-state index contributed by atoms with van der Waals surface area (Å²) in [6.45, 7) is 5.19. The van der Waals surface area contributed by atoms with E-state index in [1.54, 1.807) is 11.8 Å². The highest BCUT2D eigenvalue weighted by atomic mass is 32.2. The van der Waals surface area contributed by atoms with Gasteiger partial charge in [0.15, 0.2) is 0 Å². The molecule has 0 aliphatic carbocycles. The van der Waals surface area contributed by atoms with Crippen molar-refractivity contribution in [3.8, 4) is 0 Å². The van der Waals surface area contributed by atoms with Gasteiger partial charge in [0.25, 0.3) is 0 Å². The van der Waals surface area contributed by atoms with Gasteiger partial charge < -0.3 is 19.9 Å². The fraction of sp³-hybridized carbons (Fsp3) is 0.455. The Kier molecular flexibility index (Phi) is 7.73. The molecule has 0 spiro atoms. The van der Waals surface area contributed by atoms with Gasteiger partial charge in [-0.1, -0.05) is 67.6 Å². The largest absolute Gasteiger partial charge is 0.369 e. The van der Waals surface area contributed by atoms with Crippen molar-refractivity contribution >= 4 is 11.8 Å². The Morgan fingerprint density at radius 3 is 1.93 bits per heavy atom. The molecule has 5 atom stereocenters. The highest BCUT2D eigenvalue weighted by molar-refractivity contribution is 7.99. The minimum atomic E-state index is -0.245. The number of hydrogen-bond donors (Lipinski definition) is 1. The van der Waals surface area contributed by atoms with Crippen LogP contribution in [-0.2, 0) is 27.4 Å². The van der Waals surface area contributed by atoms with Crippen molar-refractivity contribution < 1.29 is 14.2 Å². The summed E-state index contributed by atoms with van der Waals surface area (Å²) < 4.78 is 18.6. The molecule has 3 rings (SSSR count). The van der Waals surface area contributed by atoms with E-state index in [1.807, 2.05) is 43.3 Å². The van der Waals surface area contributed by atoms with Crippen molar-refractivity contribution in [2.24, 2.45) is 5.73 Å². The number of hydrogen-bond acceptors (Lipinski definition) is 5. The smallest absolute Gasteiger partial charge is 0.131 e. The topological polar surface area (TPSA) is 53.7 Å². The second-order valence-corrected chi connectivity index (χ2v) is 8.14. The van der Waals surface area contributed by atoms with Crippen LogP contribution in [0.3, 0.4) is 0 Å². The maximum atomic E-state index is 6.62. The van der Waals surface area contributed by atoms with Crippen LogP contribution in [-0.4, -0.2) is 35.5 Å². The monoisotopic (exact) mass is 387 g/mol. The maximum absolute atomic E-state index is 6.62. The predicted octanol–water partition coefficient (Wildman–Crippen LogP) is 3.98. The lowest BCUT2D eigenvalue weighted by Crippen LogP contribution is -2.61. The van der Waals surface area contributed by atoms with E-state index < -0.39 is 0 Å². The normalized spacial score (nSPS) is 28.2. The number of ether oxygens (including phenoxy) is 3. The molecule has 0 amide bonds. The third-order valence-electron chi connectivity index (χ3n) is 4.74. The lowest BCUT2D eigenvalue weighted by molar-refractivity contribution is -0.181. The van der Waals surface area contributed by atoms with Crippen LogP contribution >= 0.6 is 11.8 Å². The van der Waals surface area contributed by atoms with Crippen LogP contribution in [0.1, 0.15) is 25.0 Å². The summed E-state index contributed by atoms with van der Waals surface area (Å²) in [4.78, 5) is 0. The van der Waals surface area contributed by atoms with Crippen LogP contribution in [0, 0.1) is 0 Å². The van der Waals surface area contributed by atoms with Crippen LogP contribution in [0.2, 0.25) is 0 Å². The van der Waals surface area contributed by atoms with Crippen LogP contribution in [0.25, 0.3) is 0 Å². The molecular weight excluding hydrogens is 358 g/mol. The number of benzene rings is 2. The van der Waals surface area contributed by atoms with Crippen molar-refractivity contribution in [3.05, 3.63) is 71.8 Å². The first kappa shape index (κ1) is 20.4. The molecule has 1 fully saturated rings. The molecule has 0 unspecified atom stereocenters. The van der Waals surface area contributed by atoms with Crippen molar-refractivity contribution in [3.63, 3.8) is 0 Å². The maximum Gasteiger partial charge on any atom is 0.131 e. The van der Waals surface area contributed by atoms with E-state index in [0.717, 1.165) is 16.9 Å². The van der Waals surface area contributed by atoms with E-state index in [0.29, 0.717) is 13.2 Å². The van der Waals surface area contributed by atoms with Crippen molar-refractivity contribution in [1.29, 1.82) is 0 Å². The molecule has 2 aromatic rings. The van der Waals surface area contributed by atoms with Crippen molar-refractivity contribution in [2.75, 3.05) is 5.75 Å². The quantitative estimate of drug-likeness (QED) is 0.742. The Morgan fingerprint density at radius 1 is 0.889 bits per heavy atom. The number of rotatable bonds is 8. The molecule has 146 valence electrons. The fourth-order valence-corrected chi connectivity index (χ4v) is 4.35. The molecule has 1 heterocycles. The minimum Gasteiger partial charge on any atom is -0.369 e. The molecule has 1 saturated heterocycles. The van der Waals surface area contributed by atoms with Gasteiger partial charge in [0, 0.05) is 0 Å². The summed E-state index contributed by atoms with van der Waals surface area (Å²) >= 11 is 1.74. The van der Waals surface area contributed by atoms with E-state index in [2.05, 4.69) is 31.2 Å². The summed E-state index contributed by atoms with van der Waals surface area (Å²) in [6, 6.07) is 20.0. The van der Waals surface area contributed by atoms with Gasteiger partial charge in [-0.3, -0.25) is 0 Å². The van der Waals surface area contributed by atoms with E-state index in [9.17, 15) is 0 Å². The molecule has 0 radical (unpaired) electrons. The zero-order valence-electron chi connectivity index (χ0n) is 16.0. The first-order chi connectivity index (χ1) is 13.2. The van der Waals surface area contributed by atoms with E-state index in [-0.39, 0.29) is 29.8 Å². The van der Waals surface area contributed by atoms with Gasteiger partial charge in [-0.15, -0.1) is 11.8 Å². The summed E-state index contributed by atoms with van der Waals surface area (Å²) in [5.74, 6) is 0.949. The lowest BCUT2D eigenvalue weighted by Gasteiger charge is -2.44. The van der Waals surface area contributed by atoms with Crippen LogP contribution in [0.5, 0.6) is 0 Å². The van der Waals surface area contributed by atoms with Crippen LogP contribution in [0.15, 0.2) is 60.7 Å². The number of nitrogens with two attached hydrogens (primary N) is 1. The Bertz CT molecular complexity index is 670. The molecule has 5 heteroatoms. The predicted molar refractivity (Wildman–Crippen MR) is 110 cm³/mol. The summed E-state index contributed by atoms with van der Waals surface area (Å²) in [6.07, 6.45) is -0.504. The SMILES string of the molecule is CCS[C@@H]1O[C@H](C)[C@H](OCc2ccccc2)[C@@H](N)[C@H]1OCc1ccccc1. The molecule has 2 aromatic carbocycles. The molecule has 2 N–H and O–H groups in total. The fourth-order valence-electron chi connectivity index (χ4n) is 3.32. The van der Waals surface area contributed by atoms with Gasteiger partial charge in [0.05, 0.1) is 25.4 Å². The van der Waals surface area contributed by atoms with Gasteiger partial charge in [-0.25, -0.2) is 0 Å². The zero-order chi connectivity index (χ0) is 19.1. The molecule has 0 bridgehead atoms. The van der Waals surface area contributed by atoms with Gasteiger partial charge >= 0.3 is 0 Å². The average Bonchev–Trinajstić information content (AvgIpc) is 2.69. The lowest BCUT2D eigenvalue weighted by atomic mass is 9.98. The second-order valence-electron chi connectivity index (χ2n) is 6.76. The Hall–Kier alpha value is -1.37. The summed E-state index contributed by atoms with van der Waals surface area (Å²) in [5.41, 5.74) is 8.79. The van der Waals surface area contributed by atoms with Gasteiger partial charge in [0.2, 0.25) is 0 Å². The van der Waals surface area contributed by atoms with Gasteiger partial charge in [-0.2, -0.15) is 0 Å². The van der Waals surface area contributed by atoms with Crippen molar-refractivity contribution in [2.45, 2.75) is 56.9 Å². The van der Waals surface area contributed by atoms with Crippen LogP contribution in [0.4, 0.5) is 0 Å². The highest BCUT2D eigenvalue weighted by Gasteiger charge is 2.43. The molecule has 1 aliphatic heterocycles. The Morgan fingerprint density at radius 2 is 1.41 bits per heavy atom. The summed E-state index contributed by atoms with van der Waals surface area (Å²) in [5, 5.41) is 0. The van der Waals surface area contributed by atoms with E-state index >= 15 is 0 Å². The third-order valence-corrected chi connectivity index (χ3v) is 5.78. The zero-order valence-corrected chi connectivity index (χ0v) is 16.8. The van der Waals surface area contributed by atoms with Crippen LogP contribution < -0.4 is 5.73 Å². The Balaban J connectivity index is 1.66. The first-order valence-electron chi connectivity index (χ1n) is 9.52. The third kappa shape index (κ3) is 5.56. The average molecular weight is 388 g/mol. The van der Waals surface area contributed by atoms with Gasteiger partial charge in [0.1, 0.15) is 17.6 Å². The molecule has 0 aromatic heterocycles. The standard InChI is InChI=1S/C22H29NO3S/c1-3-27-22-21(25-15-18-12-8-5-9-13-18)19(23)20(16(2)26-22)24-14-17-10-6-4-7-11-17/h4-13,16,19-22H,3,14-15,23H2,1-2H3/t16-,19-,20+,21-,22+/m1/s1. The Labute approximate surface area is 166 Å². The van der Waals surface area contributed by atoms with E-state index in [4.69, 9.17) is 19.9 Å².